The van der Waals surface area contributed by atoms with Crippen molar-refractivity contribution >= 4 is 17.4 Å². The number of rotatable bonds is 7. The lowest BCUT2D eigenvalue weighted by Crippen LogP contribution is -2.25. The lowest BCUT2D eigenvalue weighted by atomic mass is 10.2. The van der Waals surface area contributed by atoms with E-state index in [0.29, 0.717) is 30.2 Å². The van der Waals surface area contributed by atoms with Crippen molar-refractivity contribution < 1.29 is 13.9 Å². The second kappa shape index (κ2) is 8.09. The summed E-state index contributed by atoms with van der Waals surface area (Å²) in [5.74, 6) is -0.0775. The Morgan fingerprint density at radius 1 is 1.27 bits per heavy atom. The molecule has 0 radical (unpaired) electrons. The topological polar surface area (TPSA) is 63.2 Å². The SMILES string of the molecule is COCCCNC(=O)c1ccc(Nc2ccccc2F)nc1. The molecule has 1 aromatic heterocycles. The van der Waals surface area contributed by atoms with E-state index >= 15 is 0 Å². The molecule has 0 saturated carbocycles. The molecule has 5 nitrogen and oxygen atoms in total. The summed E-state index contributed by atoms with van der Waals surface area (Å²) in [6.45, 7) is 1.14. The van der Waals surface area contributed by atoms with Gasteiger partial charge >= 0.3 is 0 Å². The third-order valence-corrected chi connectivity index (χ3v) is 2.97. The Morgan fingerprint density at radius 2 is 2.09 bits per heavy atom. The van der Waals surface area contributed by atoms with Crippen molar-refractivity contribution in [3.63, 3.8) is 0 Å². The molecule has 0 spiro atoms. The zero-order chi connectivity index (χ0) is 15.8. The molecule has 0 aliphatic heterocycles. The largest absolute Gasteiger partial charge is 0.385 e. The number of hydrogen-bond donors (Lipinski definition) is 2. The van der Waals surface area contributed by atoms with Crippen LogP contribution in [0.4, 0.5) is 15.9 Å². The van der Waals surface area contributed by atoms with Crippen LogP contribution in [0.5, 0.6) is 0 Å². The van der Waals surface area contributed by atoms with Crippen molar-refractivity contribution in [2.75, 3.05) is 25.6 Å². The minimum atomic E-state index is -0.357. The van der Waals surface area contributed by atoms with E-state index < -0.39 is 0 Å². The van der Waals surface area contributed by atoms with E-state index in [2.05, 4.69) is 15.6 Å². The molecule has 6 heteroatoms. The fourth-order valence-electron chi connectivity index (χ4n) is 1.82. The Kier molecular flexibility index (Phi) is 5.85. The van der Waals surface area contributed by atoms with Crippen LogP contribution in [0.25, 0.3) is 0 Å². The van der Waals surface area contributed by atoms with Crippen LogP contribution in [0, 0.1) is 5.82 Å². The highest BCUT2D eigenvalue weighted by Crippen LogP contribution is 2.17. The van der Waals surface area contributed by atoms with Gasteiger partial charge in [0.05, 0.1) is 11.3 Å². The molecular weight excluding hydrogens is 285 g/mol. The predicted octanol–water partition coefficient (Wildman–Crippen LogP) is 2.73. The molecule has 1 aromatic carbocycles. The highest BCUT2D eigenvalue weighted by Gasteiger charge is 2.06. The van der Waals surface area contributed by atoms with Crippen LogP contribution in [0.1, 0.15) is 16.8 Å². The molecule has 2 N–H and O–H groups in total. The molecule has 116 valence electrons. The molecule has 1 heterocycles. The average molecular weight is 303 g/mol. The summed E-state index contributed by atoms with van der Waals surface area (Å²) >= 11 is 0. The summed E-state index contributed by atoms with van der Waals surface area (Å²) in [6, 6.07) is 9.61. The Labute approximate surface area is 128 Å². The van der Waals surface area contributed by atoms with E-state index in [1.807, 2.05) is 0 Å². The molecule has 2 aromatic rings. The summed E-state index contributed by atoms with van der Waals surface area (Å²) in [7, 11) is 1.62. The Hall–Kier alpha value is -2.47. The molecule has 0 aliphatic carbocycles. The van der Waals surface area contributed by atoms with Crippen molar-refractivity contribution in [2.45, 2.75) is 6.42 Å². The number of benzene rings is 1. The van der Waals surface area contributed by atoms with E-state index in [0.717, 1.165) is 6.42 Å². The molecule has 22 heavy (non-hydrogen) atoms. The van der Waals surface area contributed by atoms with Crippen molar-refractivity contribution in [2.24, 2.45) is 0 Å². The first-order valence-corrected chi connectivity index (χ1v) is 6.95. The van der Waals surface area contributed by atoms with Crippen LogP contribution < -0.4 is 10.6 Å². The van der Waals surface area contributed by atoms with E-state index in [1.54, 1.807) is 37.4 Å². The number of para-hydroxylation sites is 1. The highest BCUT2D eigenvalue weighted by atomic mass is 19.1. The quantitative estimate of drug-likeness (QED) is 0.772. The summed E-state index contributed by atoms with van der Waals surface area (Å²) in [5.41, 5.74) is 0.795. The van der Waals surface area contributed by atoms with E-state index in [-0.39, 0.29) is 11.7 Å². The van der Waals surface area contributed by atoms with Gasteiger partial charge in [0.1, 0.15) is 11.6 Å². The number of amides is 1. The van der Waals surface area contributed by atoms with Gasteiger partial charge in [0.2, 0.25) is 0 Å². The van der Waals surface area contributed by atoms with Crippen LogP contribution in [0.3, 0.4) is 0 Å². The minimum absolute atomic E-state index is 0.193. The fourth-order valence-corrected chi connectivity index (χ4v) is 1.82. The average Bonchev–Trinajstić information content (AvgIpc) is 2.54. The maximum Gasteiger partial charge on any atom is 0.252 e. The Balaban J connectivity index is 1.92. The molecule has 0 saturated heterocycles. The molecule has 0 unspecified atom stereocenters. The van der Waals surface area contributed by atoms with Gasteiger partial charge in [0, 0.05) is 26.5 Å². The molecule has 0 aliphatic rings. The molecule has 1 amide bonds. The van der Waals surface area contributed by atoms with Gasteiger partial charge < -0.3 is 15.4 Å². The normalized spacial score (nSPS) is 10.3. The lowest BCUT2D eigenvalue weighted by Gasteiger charge is -2.08. The zero-order valence-electron chi connectivity index (χ0n) is 12.3. The maximum absolute atomic E-state index is 13.5. The third kappa shape index (κ3) is 4.53. The third-order valence-electron chi connectivity index (χ3n) is 2.97. The van der Waals surface area contributed by atoms with Crippen molar-refractivity contribution in [1.82, 2.24) is 10.3 Å². The van der Waals surface area contributed by atoms with Crippen LogP contribution in [-0.2, 0) is 4.74 Å². The van der Waals surface area contributed by atoms with Gasteiger partial charge in [-0.15, -0.1) is 0 Å². The second-order valence-electron chi connectivity index (χ2n) is 4.64. The number of nitrogens with one attached hydrogen (secondary N) is 2. The van der Waals surface area contributed by atoms with Crippen LogP contribution in [-0.4, -0.2) is 31.2 Å². The highest BCUT2D eigenvalue weighted by molar-refractivity contribution is 5.94. The molecule has 2 rings (SSSR count). The molecular formula is C16H18FN3O2. The van der Waals surface area contributed by atoms with Gasteiger partial charge in [-0.1, -0.05) is 12.1 Å². The summed E-state index contributed by atoms with van der Waals surface area (Å²) in [6.07, 6.45) is 2.21. The summed E-state index contributed by atoms with van der Waals surface area (Å²) in [4.78, 5) is 16.0. The number of ether oxygens (including phenoxy) is 1. The zero-order valence-corrected chi connectivity index (χ0v) is 12.3. The van der Waals surface area contributed by atoms with Crippen LogP contribution >= 0.6 is 0 Å². The summed E-state index contributed by atoms with van der Waals surface area (Å²) in [5, 5.41) is 5.64. The number of hydrogen-bond acceptors (Lipinski definition) is 4. The van der Waals surface area contributed by atoms with E-state index in [1.165, 1.54) is 12.3 Å². The van der Waals surface area contributed by atoms with Gasteiger partial charge in [-0.25, -0.2) is 9.37 Å². The predicted molar refractivity (Wildman–Crippen MR) is 82.7 cm³/mol. The number of methoxy groups -OCH3 is 1. The maximum atomic E-state index is 13.5. The number of aromatic nitrogens is 1. The van der Waals surface area contributed by atoms with Gasteiger partial charge in [-0.2, -0.15) is 0 Å². The lowest BCUT2D eigenvalue weighted by molar-refractivity contribution is 0.0948. The number of halogens is 1. The number of nitrogens with zero attached hydrogens (tertiary/aromatic N) is 1. The number of carbonyl (C=O) groups is 1. The van der Waals surface area contributed by atoms with Gasteiger partial charge in [0.15, 0.2) is 0 Å². The number of pyridine rings is 1. The molecule has 0 atom stereocenters. The van der Waals surface area contributed by atoms with Crippen LogP contribution in [0.2, 0.25) is 0 Å². The van der Waals surface area contributed by atoms with Crippen LogP contribution in [0.15, 0.2) is 42.6 Å². The van der Waals surface area contributed by atoms with Crippen molar-refractivity contribution in [3.05, 3.63) is 54.0 Å². The summed E-state index contributed by atoms with van der Waals surface area (Å²) < 4.78 is 18.4. The molecule has 0 fully saturated rings. The van der Waals surface area contributed by atoms with Gasteiger partial charge in [-0.3, -0.25) is 4.79 Å². The Morgan fingerprint density at radius 3 is 2.77 bits per heavy atom. The Bertz CT molecular complexity index is 617. The minimum Gasteiger partial charge on any atom is -0.385 e. The standard InChI is InChI=1S/C16H18FN3O2/c1-22-10-4-9-18-16(21)12-7-8-15(19-11-12)20-14-6-3-2-5-13(14)17/h2-3,5-8,11H,4,9-10H2,1H3,(H,18,21)(H,19,20). The first kappa shape index (κ1) is 15.9. The second-order valence-corrected chi connectivity index (χ2v) is 4.64. The molecule has 0 bridgehead atoms. The number of carbonyl (C=O) groups excluding carboxylic acids is 1. The van der Waals surface area contributed by atoms with Gasteiger partial charge in [0.25, 0.3) is 5.91 Å². The first-order chi connectivity index (χ1) is 10.7. The first-order valence-electron chi connectivity index (χ1n) is 6.95. The van der Waals surface area contributed by atoms with Crippen molar-refractivity contribution in [1.29, 1.82) is 0 Å². The number of anilines is 2. The van der Waals surface area contributed by atoms with E-state index in [4.69, 9.17) is 4.74 Å². The van der Waals surface area contributed by atoms with Gasteiger partial charge in [-0.05, 0) is 30.7 Å². The smallest absolute Gasteiger partial charge is 0.252 e. The van der Waals surface area contributed by atoms with E-state index in [9.17, 15) is 9.18 Å². The monoisotopic (exact) mass is 303 g/mol. The fraction of sp³-hybridized carbons (Fsp3) is 0.250. The van der Waals surface area contributed by atoms with Crippen molar-refractivity contribution in [3.8, 4) is 0 Å².